The van der Waals surface area contributed by atoms with Crippen molar-refractivity contribution in [2.45, 2.75) is 38.9 Å². The molecule has 6 heteroatoms. The lowest BCUT2D eigenvalue weighted by Gasteiger charge is -2.56. The molecule has 1 aromatic rings. The second kappa shape index (κ2) is 7.55. The van der Waals surface area contributed by atoms with E-state index < -0.39 is 47.3 Å². The number of allylic oxidation sites excluding steroid dienone is 2. The molecule has 10 atom stereocenters. The number of carbonyl (C=O) groups is 3. The van der Waals surface area contributed by atoms with Crippen LogP contribution in [0.4, 0.5) is 0 Å². The van der Waals surface area contributed by atoms with E-state index in [0.29, 0.717) is 12.0 Å². The van der Waals surface area contributed by atoms with E-state index in [0.717, 1.165) is 6.42 Å². The third kappa shape index (κ3) is 2.71. The van der Waals surface area contributed by atoms with E-state index in [1.165, 1.54) is 7.11 Å². The third-order valence-corrected chi connectivity index (χ3v) is 8.77. The van der Waals surface area contributed by atoms with Gasteiger partial charge in [0.1, 0.15) is 11.5 Å². The monoisotopic (exact) mass is 438 g/mol. The number of aliphatic hydroxyl groups is 1. The van der Waals surface area contributed by atoms with Crippen molar-refractivity contribution in [3.05, 3.63) is 48.0 Å². The maximum atomic E-state index is 14.2. The molecule has 5 rings (SSSR count). The molecule has 1 aromatic carbocycles. The number of fused-ring (bicyclic) bond motifs is 6. The molecule has 6 nitrogen and oxygen atoms in total. The van der Waals surface area contributed by atoms with Crippen LogP contribution < -0.4 is 0 Å². The predicted molar refractivity (Wildman–Crippen MR) is 115 cm³/mol. The van der Waals surface area contributed by atoms with Crippen LogP contribution >= 0.6 is 0 Å². The minimum absolute atomic E-state index is 0.0987. The van der Waals surface area contributed by atoms with E-state index in [4.69, 9.17) is 9.47 Å². The van der Waals surface area contributed by atoms with Crippen LogP contribution in [0.5, 0.6) is 0 Å². The fourth-order valence-electron chi connectivity index (χ4n) is 7.51. The molecule has 32 heavy (non-hydrogen) atoms. The molecule has 1 N–H and O–H groups in total. The summed E-state index contributed by atoms with van der Waals surface area (Å²) in [6, 6.07) is 8.81. The second-order valence-electron chi connectivity index (χ2n) is 10.1. The topological polar surface area (TPSA) is 89.9 Å². The smallest absolute Gasteiger partial charge is 0.338 e. The summed E-state index contributed by atoms with van der Waals surface area (Å²) in [4.78, 5) is 40.7. The van der Waals surface area contributed by atoms with Gasteiger partial charge in [-0.3, -0.25) is 9.59 Å². The van der Waals surface area contributed by atoms with Crippen LogP contribution in [0.25, 0.3) is 0 Å². The van der Waals surface area contributed by atoms with Gasteiger partial charge in [0.05, 0.1) is 18.8 Å². The number of benzene rings is 1. The number of Topliss-reactive ketones (excluding diaryl/α,β-unsaturated/α-hetero) is 1. The minimum Gasteiger partial charge on any atom is -0.468 e. The Morgan fingerprint density at radius 2 is 1.81 bits per heavy atom. The molecule has 0 aliphatic heterocycles. The molecule has 0 heterocycles. The highest BCUT2D eigenvalue weighted by Gasteiger charge is 2.73. The first kappa shape index (κ1) is 21.4. The molecule has 2 bridgehead atoms. The van der Waals surface area contributed by atoms with Gasteiger partial charge in [-0.25, -0.2) is 4.79 Å². The average Bonchev–Trinajstić information content (AvgIpc) is 3.36. The normalized spacial score (nSPS) is 44.0. The van der Waals surface area contributed by atoms with Gasteiger partial charge in [-0.15, -0.1) is 0 Å². The molecular weight excluding hydrogens is 408 g/mol. The Labute approximate surface area is 188 Å². The minimum atomic E-state index is -1.42. The lowest BCUT2D eigenvalue weighted by atomic mass is 9.46. The number of ether oxygens (including phenoxy) is 2. The highest BCUT2D eigenvalue weighted by Crippen LogP contribution is 2.65. The summed E-state index contributed by atoms with van der Waals surface area (Å²) in [6.45, 7) is 3.84. The van der Waals surface area contributed by atoms with Crippen molar-refractivity contribution in [3.63, 3.8) is 0 Å². The van der Waals surface area contributed by atoms with Crippen LogP contribution in [-0.2, 0) is 19.1 Å². The first-order valence-electron chi connectivity index (χ1n) is 11.6. The van der Waals surface area contributed by atoms with Crippen LogP contribution in [0.1, 0.15) is 37.0 Å². The lowest BCUT2D eigenvalue weighted by molar-refractivity contribution is -0.193. The van der Waals surface area contributed by atoms with Gasteiger partial charge in [-0.05, 0) is 48.6 Å². The Morgan fingerprint density at radius 3 is 2.50 bits per heavy atom. The maximum Gasteiger partial charge on any atom is 0.338 e. The van der Waals surface area contributed by atoms with E-state index >= 15 is 0 Å². The molecule has 4 aliphatic carbocycles. The number of hydrogen-bond acceptors (Lipinski definition) is 6. The Kier molecular flexibility index (Phi) is 5.04. The van der Waals surface area contributed by atoms with E-state index in [9.17, 15) is 19.5 Å². The van der Waals surface area contributed by atoms with Gasteiger partial charge in [0, 0.05) is 17.8 Å². The van der Waals surface area contributed by atoms with Gasteiger partial charge in [-0.1, -0.05) is 44.2 Å². The van der Waals surface area contributed by atoms with Crippen molar-refractivity contribution >= 4 is 17.7 Å². The zero-order valence-electron chi connectivity index (χ0n) is 18.6. The van der Waals surface area contributed by atoms with Crippen molar-refractivity contribution in [2.75, 3.05) is 7.11 Å². The van der Waals surface area contributed by atoms with Crippen LogP contribution in [0.15, 0.2) is 42.5 Å². The standard InChI is InChI=1S/C26H30O6/c1-13-9-10-14(2)26(25(30)31-3)21(13)22(32-24(29)15-7-5-4-6-8-15)19-16-11-17(18(27)12-16)20(19)23(26)28/h4-10,13-14,16-22,27H,11-12H2,1-3H3. The number of carbonyl (C=O) groups excluding carboxylic acids is 3. The van der Waals surface area contributed by atoms with Crippen molar-refractivity contribution in [1.82, 2.24) is 0 Å². The quantitative estimate of drug-likeness (QED) is 0.443. The number of ketones is 1. The van der Waals surface area contributed by atoms with Crippen molar-refractivity contribution < 1.29 is 29.0 Å². The zero-order chi connectivity index (χ0) is 22.8. The summed E-state index contributed by atoms with van der Waals surface area (Å²) in [5.41, 5.74) is -0.976. The van der Waals surface area contributed by atoms with Crippen LogP contribution in [0, 0.1) is 46.8 Å². The summed E-state index contributed by atoms with van der Waals surface area (Å²) in [6.07, 6.45) is 4.10. The third-order valence-electron chi connectivity index (χ3n) is 8.77. The zero-order valence-corrected chi connectivity index (χ0v) is 18.6. The fourth-order valence-corrected chi connectivity index (χ4v) is 7.51. The van der Waals surface area contributed by atoms with E-state index in [-0.39, 0.29) is 29.5 Å². The first-order chi connectivity index (χ1) is 15.3. The van der Waals surface area contributed by atoms with Crippen molar-refractivity contribution in [1.29, 1.82) is 0 Å². The number of aliphatic hydroxyl groups excluding tert-OH is 1. The van der Waals surface area contributed by atoms with Gasteiger partial charge in [0.2, 0.25) is 0 Å². The largest absolute Gasteiger partial charge is 0.468 e. The Hall–Kier alpha value is -2.47. The first-order valence-corrected chi connectivity index (χ1v) is 11.6. The average molecular weight is 439 g/mol. The predicted octanol–water partition coefficient (Wildman–Crippen LogP) is 3.05. The highest BCUT2D eigenvalue weighted by molar-refractivity contribution is 6.07. The number of esters is 2. The SMILES string of the molecule is COC(=O)C12C(=O)C3C4CC(CC4O)C3C(OC(=O)c3ccccc3)C1C(C)C=CC2C. The van der Waals surface area contributed by atoms with E-state index in [1.807, 2.05) is 32.1 Å². The summed E-state index contributed by atoms with van der Waals surface area (Å²) in [5.74, 6) is -2.98. The fraction of sp³-hybridized carbons (Fsp3) is 0.577. The van der Waals surface area contributed by atoms with E-state index in [1.54, 1.807) is 24.3 Å². The molecule has 0 radical (unpaired) electrons. The second-order valence-corrected chi connectivity index (χ2v) is 10.1. The van der Waals surface area contributed by atoms with Crippen molar-refractivity contribution in [2.24, 2.45) is 46.8 Å². The lowest BCUT2D eigenvalue weighted by Crippen LogP contribution is -2.67. The molecular formula is C26H30O6. The van der Waals surface area contributed by atoms with Crippen LogP contribution in [0.2, 0.25) is 0 Å². The van der Waals surface area contributed by atoms with Gasteiger partial charge < -0.3 is 14.6 Å². The Bertz CT molecular complexity index is 970. The Balaban J connectivity index is 1.65. The molecule has 170 valence electrons. The van der Waals surface area contributed by atoms with Crippen LogP contribution in [0.3, 0.4) is 0 Å². The molecule has 0 aromatic heterocycles. The highest BCUT2D eigenvalue weighted by atomic mass is 16.5. The number of hydrogen-bond donors (Lipinski definition) is 1. The molecule has 3 saturated carbocycles. The molecule has 10 unspecified atom stereocenters. The molecule has 0 spiro atoms. The summed E-state index contributed by atoms with van der Waals surface area (Å²) < 4.78 is 11.5. The molecule has 4 aliphatic rings. The Morgan fingerprint density at radius 1 is 1.09 bits per heavy atom. The maximum absolute atomic E-state index is 14.2. The van der Waals surface area contributed by atoms with Gasteiger partial charge >= 0.3 is 11.9 Å². The molecule has 0 saturated heterocycles. The number of rotatable bonds is 3. The molecule has 0 amide bonds. The summed E-state index contributed by atoms with van der Waals surface area (Å²) in [5, 5.41) is 10.6. The summed E-state index contributed by atoms with van der Waals surface area (Å²) >= 11 is 0. The van der Waals surface area contributed by atoms with Crippen molar-refractivity contribution in [3.8, 4) is 0 Å². The van der Waals surface area contributed by atoms with Gasteiger partial charge in [-0.2, -0.15) is 0 Å². The van der Waals surface area contributed by atoms with Gasteiger partial charge in [0.25, 0.3) is 0 Å². The summed E-state index contributed by atoms with van der Waals surface area (Å²) in [7, 11) is 1.31. The molecule has 3 fully saturated rings. The van der Waals surface area contributed by atoms with E-state index in [2.05, 4.69) is 0 Å². The van der Waals surface area contributed by atoms with Crippen LogP contribution in [-0.4, -0.2) is 42.1 Å². The van der Waals surface area contributed by atoms with Gasteiger partial charge in [0.15, 0.2) is 5.78 Å². The number of methoxy groups -OCH3 is 1.